The van der Waals surface area contributed by atoms with Gasteiger partial charge in [0.25, 0.3) is 5.91 Å². The number of carbonyl (C=O) groups excluding carboxylic acids is 3. The summed E-state index contributed by atoms with van der Waals surface area (Å²) in [6.07, 6.45) is 0.522. The molecule has 1 aromatic carbocycles. The van der Waals surface area contributed by atoms with Gasteiger partial charge in [-0.2, -0.15) is 4.31 Å². The van der Waals surface area contributed by atoms with E-state index < -0.39 is 16.1 Å². The number of hydrogen-bond donors (Lipinski definition) is 1. The molecule has 3 aliphatic rings. The second-order valence-electron chi connectivity index (χ2n) is 7.16. The summed E-state index contributed by atoms with van der Waals surface area (Å²) in [4.78, 5) is 39.3. The van der Waals surface area contributed by atoms with Gasteiger partial charge in [-0.05, 0) is 30.7 Å². The Morgan fingerprint density at radius 1 is 1.07 bits per heavy atom. The third-order valence-corrected chi connectivity index (χ3v) is 7.32. The third kappa shape index (κ3) is 3.72. The highest BCUT2D eigenvalue weighted by molar-refractivity contribution is 7.89. The van der Waals surface area contributed by atoms with Gasteiger partial charge in [-0.1, -0.05) is 0 Å². The normalized spacial score (nSPS) is 23.5. The number of rotatable bonds is 4. The van der Waals surface area contributed by atoms with Gasteiger partial charge >= 0.3 is 6.03 Å². The number of urea groups is 1. The molecule has 10 nitrogen and oxygen atoms in total. The van der Waals surface area contributed by atoms with Crippen LogP contribution in [0.3, 0.4) is 0 Å². The monoisotopic (exact) mass is 422 g/mol. The van der Waals surface area contributed by atoms with Crippen molar-refractivity contribution in [1.82, 2.24) is 19.4 Å². The highest BCUT2D eigenvalue weighted by atomic mass is 32.2. The van der Waals surface area contributed by atoms with E-state index in [1.807, 2.05) is 0 Å². The Kier molecular flexibility index (Phi) is 5.28. The number of likely N-dealkylation sites (tertiary alicyclic amines) is 1. The molecule has 1 atom stereocenters. The molecule has 29 heavy (non-hydrogen) atoms. The maximum atomic E-state index is 12.8. The van der Waals surface area contributed by atoms with E-state index in [1.54, 1.807) is 4.90 Å². The fourth-order valence-electron chi connectivity index (χ4n) is 3.83. The molecule has 4 amide bonds. The van der Waals surface area contributed by atoms with Crippen LogP contribution in [0.5, 0.6) is 0 Å². The quantitative estimate of drug-likeness (QED) is 0.653. The number of imide groups is 1. The maximum absolute atomic E-state index is 12.8. The van der Waals surface area contributed by atoms with E-state index >= 15 is 0 Å². The van der Waals surface area contributed by atoms with Crippen molar-refractivity contribution < 1.29 is 27.5 Å². The van der Waals surface area contributed by atoms with E-state index in [0.717, 1.165) is 0 Å². The minimum Gasteiger partial charge on any atom is -0.379 e. The van der Waals surface area contributed by atoms with E-state index in [4.69, 9.17) is 4.74 Å². The Morgan fingerprint density at radius 2 is 1.76 bits per heavy atom. The molecule has 0 aromatic heterocycles. The van der Waals surface area contributed by atoms with Gasteiger partial charge in [0.1, 0.15) is 0 Å². The number of ether oxygens (including phenoxy) is 1. The number of benzene rings is 1. The summed E-state index contributed by atoms with van der Waals surface area (Å²) in [6.45, 7) is 2.03. The van der Waals surface area contributed by atoms with Gasteiger partial charge in [0.15, 0.2) is 0 Å². The lowest BCUT2D eigenvalue weighted by Crippen LogP contribution is -2.43. The van der Waals surface area contributed by atoms with Gasteiger partial charge in [-0.15, -0.1) is 0 Å². The maximum Gasteiger partial charge on any atom is 0.324 e. The lowest BCUT2D eigenvalue weighted by atomic mass is 10.2. The first kappa shape index (κ1) is 19.8. The molecule has 3 heterocycles. The molecular formula is C18H22N4O6S. The van der Waals surface area contributed by atoms with Crippen LogP contribution >= 0.6 is 0 Å². The highest BCUT2D eigenvalue weighted by Gasteiger charge is 2.39. The Bertz CT molecular complexity index is 910. The number of amides is 4. The summed E-state index contributed by atoms with van der Waals surface area (Å²) >= 11 is 0. The van der Waals surface area contributed by atoms with Crippen LogP contribution < -0.4 is 5.32 Å². The summed E-state index contributed by atoms with van der Waals surface area (Å²) in [5.41, 5.74) is 0.365. The van der Waals surface area contributed by atoms with Crippen LogP contribution in [0, 0.1) is 0 Å². The van der Waals surface area contributed by atoms with Crippen LogP contribution in [-0.4, -0.2) is 92.3 Å². The number of hydrogen-bond acceptors (Lipinski definition) is 6. The van der Waals surface area contributed by atoms with Crippen molar-refractivity contribution >= 4 is 27.9 Å². The van der Waals surface area contributed by atoms with Crippen LogP contribution in [0.2, 0.25) is 0 Å². The van der Waals surface area contributed by atoms with Gasteiger partial charge in [0.05, 0.1) is 30.7 Å². The second-order valence-corrected chi connectivity index (χ2v) is 9.09. The van der Waals surface area contributed by atoms with Gasteiger partial charge in [0, 0.05) is 31.7 Å². The number of nitrogens with zero attached hydrogens (tertiary/aromatic N) is 3. The molecular weight excluding hydrogens is 400 g/mol. The summed E-state index contributed by atoms with van der Waals surface area (Å²) in [5, 5.41) is 2.48. The molecule has 11 heteroatoms. The Labute approximate surface area is 168 Å². The fraction of sp³-hybridized carbons (Fsp3) is 0.500. The molecule has 0 saturated carbocycles. The molecule has 156 valence electrons. The number of nitrogens with one attached hydrogen (secondary N) is 1. The summed E-state index contributed by atoms with van der Waals surface area (Å²) in [7, 11) is -3.62. The molecule has 3 aliphatic heterocycles. The molecule has 3 fully saturated rings. The first-order chi connectivity index (χ1) is 13.9. The Morgan fingerprint density at radius 3 is 2.38 bits per heavy atom. The average molecular weight is 422 g/mol. The summed E-state index contributed by atoms with van der Waals surface area (Å²) < 4.78 is 31.9. The van der Waals surface area contributed by atoms with E-state index in [9.17, 15) is 22.8 Å². The van der Waals surface area contributed by atoms with E-state index in [1.165, 1.54) is 33.5 Å². The number of carbonyl (C=O) groups is 3. The van der Waals surface area contributed by atoms with Crippen LogP contribution in [0.15, 0.2) is 29.2 Å². The van der Waals surface area contributed by atoms with E-state index in [-0.39, 0.29) is 35.8 Å². The zero-order valence-corrected chi connectivity index (χ0v) is 16.6. The predicted octanol–water partition coefficient (Wildman–Crippen LogP) is -0.526. The minimum absolute atomic E-state index is 0.0115. The average Bonchev–Trinajstić information content (AvgIpc) is 3.34. The van der Waals surface area contributed by atoms with Crippen molar-refractivity contribution in [1.29, 1.82) is 0 Å². The smallest absolute Gasteiger partial charge is 0.324 e. The molecule has 0 radical (unpaired) electrons. The van der Waals surface area contributed by atoms with Crippen molar-refractivity contribution in [3.05, 3.63) is 29.8 Å². The molecule has 1 N–H and O–H groups in total. The largest absolute Gasteiger partial charge is 0.379 e. The number of sulfonamides is 1. The lowest BCUT2D eigenvalue weighted by molar-refractivity contribution is -0.126. The zero-order chi connectivity index (χ0) is 20.6. The van der Waals surface area contributed by atoms with E-state index in [2.05, 4.69) is 5.32 Å². The van der Waals surface area contributed by atoms with Gasteiger partial charge < -0.3 is 15.0 Å². The Balaban J connectivity index is 1.43. The molecule has 0 aliphatic carbocycles. The number of morpholine rings is 1. The summed E-state index contributed by atoms with van der Waals surface area (Å²) in [5.74, 6) is -0.540. The zero-order valence-electron chi connectivity index (χ0n) is 15.7. The van der Waals surface area contributed by atoms with Gasteiger partial charge in [-0.3, -0.25) is 14.5 Å². The van der Waals surface area contributed by atoms with Crippen molar-refractivity contribution in [2.75, 3.05) is 45.9 Å². The minimum atomic E-state index is -3.62. The first-order valence-corrected chi connectivity index (χ1v) is 10.9. The summed E-state index contributed by atoms with van der Waals surface area (Å²) in [6, 6.07) is 5.10. The van der Waals surface area contributed by atoms with Crippen LogP contribution in [0.4, 0.5) is 4.79 Å². The van der Waals surface area contributed by atoms with Gasteiger partial charge in [-0.25, -0.2) is 13.2 Å². The van der Waals surface area contributed by atoms with Crippen molar-refractivity contribution in [3.63, 3.8) is 0 Å². The van der Waals surface area contributed by atoms with Crippen molar-refractivity contribution in [3.8, 4) is 0 Å². The van der Waals surface area contributed by atoms with Crippen LogP contribution in [0.25, 0.3) is 0 Å². The van der Waals surface area contributed by atoms with E-state index in [0.29, 0.717) is 44.8 Å². The predicted molar refractivity (Wildman–Crippen MR) is 101 cm³/mol. The second kappa shape index (κ2) is 7.73. The molecule has 1 aromatic rings. The van der Waals surface area contributed by atoms with Crippen molar-refractivity contribution in [2.24, 2.45) is 0 Å². The van der Waals surface area contributed by atoms with Gasteiger partial charge in [0.2, 0.25) is 15.9 Å². The fourth-order valence-corrected chi connectivity index (χ4v) is 5.24. The standard InChI is InChI=1S/C18H22N4O6S/c23-16-11-19-18(25)22(16)14-5-6-20(12-14)17(24)13-1-3-15(4-2-13)29(26,27)21-7-9-28-10-8-21/h1-4,14H,5-12H2,(H,19,25). The molecule has 3 saturated heterocycles. The Hall–Kier alpha value is -2.50. The van der Waals surface area contributed by atoms with Crippen LogP contribution in [-0.2, 0) is 19.6 Å². The third-order valence-electron chi connectivity index (χ3n) is 5.40. The van der Waals surface area contributed by atoms with Crippen LogP contribution in [0.1, 0.15) is 16.8 Å². The molecule has 4 rings (SSSR count). The molecule has 0 bridgehead atoms. The highest BCUT2D eigenvalue weighted by Crippen LogP contribution is 2.22. The first-order valence-electron chi connectivity index (χ1n) is 9.45. The molecule has 0 spiro atoms. The lowest BCUT2D eigenvalue weighted by Gasteiger charge is -2.26. The molecule has 1 unspecified atom stereocenters. The van der Waals surface area contributed by atoms with Crippen molar-refractivity contribution in [2.45, 2.75) is 17.4 Å². The topological polar surface area (TPSA) is 116 Å². The SMILES string of the molecule is O=C(c1ccc(S(=O)(=O)N2CCOCC2)cc1)N1CCC(N2C(=O)CNC2=O)C1.